The van der Waals surface area contributed by atoms with Gasteiger partial charge in [-0.25, -0.2) is 26.3 Å². The molecule has 4 aromatic rings. The van der Waals surface area contributed by atoms with Crippen LogP contribution in [0.15, 0.2) is 70.5 Å². The van der Waals surface area contributed by atoms with Crippen molar-refractivity contribution in [1.29, 1.82) is 0 Å². The SMILES string of the molecule is CN(C)c1cccc2c(S(=O)(=O)NCCCCCC(=O)NCCCNCCCCN)cc(-c3cc(N(C)C)c4cccc(S(=O)(=O)NCCCCCC(=O)NCCCNCCCCNCCCN5CC5)c4c3)cc12. The zero-order valence-corrected chi connectivity index (χ0v) is 46.6. The van der Waals surface area contributed by atoms with Crippen LogP contribution in [-0.2, 0) is 29.6 Å². The van der Waals surface area contributed by atoms with Crippen molar-refractivity contribution in [1.82, 2.24) is 40.9 Å². The molecule has 0 saturated carbocycles. The highest BCUT2D eigenvalue weighted by atomic mass is 32.2. The number of amides is 2. The van der Waals surface area contributed by atoms with Crippen molar-refractivity contribution >= 4 is 64.8 Å². The van der Waals surface area contributed by atoms with Crippen molar-refractivity contribution in [3.05, 3.63) is 60.7 Å². The number of hydrogen-bond donors (Lipinski definition) is 8. The van der Waals surface area contributed by atoms with Crippen LogP contribution in [0.1, 0.15) is 96.3 Å². The Labute approximate surface area is 443 Å². The molecule has 0 spiro atoms. The van der Waals surface area contributed by atoms with E-state index in [1.165, 1.54) is 26.1 Å². The van der Waals surface area contributed by atoms with Crippen molar-refractivity contribution in [2.24, 2.45) is 5.73 Å². The molecule has 1 fully saturated rings. The first-order valence-electron chi connectivity index (χ1n) is 27.3. The molecule has 1 aliphatic rings. The van der Waals surface area contributed by atoms with Crippen LogP contribution in [-0.4, -0.2) is 153 Å². The molecule has 1 heterocycles. The normalized spacial score (nSPS) is 12.9. The summed E-state index contributed by atoms with van der Waals surface area (Å²) in [6.07, 6.45) is 11.9. The van der Waals surface area contributed by atoms with Crippen LogP contribution in [0.25, 0.3) is 32.7 Å². The summed E-state index contributed by atoms with van der Waals surface area (Å²) in [5.41, 5.74) is 8.43. The van der Waals surface area contributed by atoms with Gasteiger partial charge in [0.25, 0.3) is 0 Å². The molecule has 0 atom stereocenters. The van der Waals surface area contributed by atoms with Crippen molar-refractivity contribution in [3.8, 4) is 11.1 Å². The maximum absolute atomic E-state index is 14.3. The molecule has 0 bridgehead atoms. The lowest BCUT2D eigenvalue weighted by atomic mass is 9.96. The molecule has 4 aromatic carbocycles. The third-order valence-corrected chi connectivity index (χ3v) is 16.3. The predicted molar refractivity (Wildman–Crippen MR) is 305 cm³/mol. The monoisotopic (exact) mass is 1060 g/mol. The topological polar surface area (TPSA) is 222 Å². The minimum Gasteiger partial charge on any atom is -0.377 e. The van der Waals surface area contributed by atoms with Gasteiger partial charge in [0.2, 0.25) is 31.9 Å². The second-order valence-corrected chi connectivity index (χ2v) is 23.4. The largest absolute Gasteiger partial charge is 0.377 e. The fourth-order valence-electron chi connectivity index (χ4n) is 9.02. The van der Waals surface area contributed by atoms with E-state index in [0.717, 1.165) is 99.9 Å². The van der Waals surface area contributed by atoms with Crippen LogP contribution < -0.4 is 51.6 Å². The van der Waals surface area contributed by atoms with Crippen LogP contribution >= 0.6 is 0 Å². The minimum atomic E-state index is -4.03. The van der Waals surface area contributed by atoms with Gasteiger partial charge >= 0.3 is 0 Å². The van der Waals surface area contributed by atoms with Crippen LogP contribution in [0.2, 0.25) is 0 Å². The third-order valence-electron chi connectivity index (χ3n) is 13.3. The van der Waals surface area contributed by atoms with Crippen molar-refractivity contribution in [2.75, 3.05) is 130 Å². The predicted octanol–water partition coefficient (Wildman–Crippen LogP) is 5.48. The number of nitrogens with one attached hydrogen (secondary N) is 7. The fraction of sp³-hybridized carbons (Fsp3) is 0.600. The van der Waals surface area contributed by atoms with E-state index in [4.69, 9.17) is 5.73 Å². The number of hydrogen-bond acceptors (Lipinski definition) is 13. The summed E-state index contributed by atoms with van der Waals surface area (Å²) in [7, 11) is -0.378. The lowest BCUT2D eigenvalue weighted by molar-refractivity contribution is -0.122. The summed E-state index contributed by atoms with van der Waals surface area (Å²) in [6, 6.07) is 18.3. The standard InChI is InChI=1S/C55H89N11O6S2/c1-64(2)50-22-15-21-47-48(50)40-45(43-53(47)74(71,72)63-36-11-6-8-25-55(68)60-33-17-30-57-27-12-9-26-56)44-41-49-46(51(42-44)65(3)4)20-16-23-52(49)73(69,70)62-35-10-5-7-24-54(67)61-34-18-31-58-28-13-14-29-59-32-19-37-66-38-39-66/h15-16,20-23,40-43,57-59,62-63H,5-14,17-19,24-39,56H2,1-4H3,(H,60,68)(H,61,67). The van der Waals surface area contributed by atoms with Crippen LogP contribution in [0.4, 0.5) is 11.4 Å². The molecule has 1 saturated heterocycles. The first kappa shape index (κ1) is 60.4. The van der Waals surface area contributed by atoms with E-state index >= 15 is 0 Å². The number of fused-ring (bicyclic) bond motifs is 2. The van der Waals surface area contributed by atoms with Gasteiger partial charge in [-0.15, -0.1) is 0 Å². The van der Waals surface area contributed by atoms with Gasteiger partial charge in [-0.1, -0.05) is 37.1 Å². The van der Waals surface area contributed by atoms with E-state index in [1.54, 1.807) is 18.2 Å². The second kappa shape index (κ2) is 32.2. The Hall–Kier alpha value is -4.44. The summed E-state index contributed by atoms with van der Waals surface area (Å²) in [5, 5.41) is 18.9. The van der Waals surface area contributed by atoms with Crippen LogP contribution in [0, 0.1) is 0 Å². The van der Waals surface area contributed by atoms with E-state index in [0.29, 0.717) is 92.9 Å². The molecular formula is C55H89N11O6S2. The average molecular weight is 1060 g/mol. The first-order chi connectivity index (χ1) is 35.7. The van der Waals surface area contributed by atoms with Gasteiger partial charge in [0.05, 0.1) is 9.79 Å². The van der Waals surface area contributed by atoms with E-state index < -0.39 is 20.0 Å². The molecule has 412 valence electrons. The second-order valence-electron chi connectivity index (χ2n) is 20.0. The molecule has 9 N–H and O–H groups in total. The zero-order chi connectivity index (χ0) is 53.2. The van der Waals surface area contributed by atoms with Gasteiger partial charge in [-0.3, -0.25) is 9.59 Å². The highest BCUT2D eigenvalue weighted by Crippen LogP contribution is 2.40. The quantitative estimate of drug-likeness (QED) is 0.0205. The Morgan fingerprint density at radius 3 is 1.54 bits per heavy atom. The van der Waals surface area contributed by atoms with Gasteiger partial charge < -0.3 is 47.0 Å². The third kappa shape index (κ3) is 20.6. The smallest absolute Gasteiger partial charge is 0.241 e. The Kier molecular flexibility index (Phi) is 26.3. The van der Waals surface area contributed by atoms with E-state index in [9.17, 15) is 26.4 Å². The van der Waals surface area contributed by atoms with E-state index in [2.05, 4.69) is 40.9 Å². The van der Waals surface area contributed by atoms with E-state index in [-0.39, 0.29) is 34.7 Å². The number of anilines is 2. The number of carbonyl (C=O) groups is 2. The Bertz CT molecular complexity index is 2580. The van der Waals surface area contributed by atoms with Gasteiger partial charge in [0.15, 0.2) is 0 Å². The molecule has 19 heteroatoms. The summed E-state index contributed by atoms with van der Waals surface area (Å²) >= 11 is 0. The molecule has 5 rings (SSSR count). The van der Waals surface area contributed by atoms with Crippen molar-refractivity contribution in [3.63, 3.8) is 0 Å². The van der Waals surface area contributed by atoms with Crippen LogP contribution in [0.3, 0.4) is 0 Å². The molecular weight excluding hydrogens is 975 g/mol. The number of nitrogens with zero attached hydrogens (tertiary/aromatic N) is 3. The van der Waals surface area contributed by atoms with Crippen molar-refractivity contribution < 1.29 is 26.4 Å². The molecule has 2 amide bonds. The average Bonchev–Trinajstić information content (AvgIpc) is 4.21. The molecule has 0 radical (unpaired) electrons. The molecule has 17 nitrogen and oxygen atoms in total. The summed E-state index contributed by atoms with van der Waals surface area (Å²) in [4.78, 5) is 31.5. The molecule has 1 aliphatic heterocycles. The summed E-state index contributed by atoms with van der Waals surface area (Å²) in [6.45, 7) is 11.9. The molecule has 74 heavy (non-hydrogen) atoms. The molecule has 0 unspecified atom stereocenters. The number of sulfonamides is 2. The van der Waals surface area contributed by atoms with E-state index in [1.807, 2.05) is 80.5 Å². The zero-order valence-electron chi connectivity index (χ0n) is 45.0. The number of benzene rings is 4. The van der Waals surface area contributed by atoms with Gasteiger partial charge in [-0.05, 0) is 171 Å². The Morgan fingerprint density at radius 1 is 0.486 bits per heavy atom. The Balaban J connectivity index is 1.14. The lowest BCUT2D eigenvalue weighted by Gasteiger charge is -2.21. The maximum atomic E-state index is 14.3. The Morgan fingerprint density at radius 2 is 0.973 bits per heavy atom. The number of carbonyl (C=O) groups excluding carboxylic acids is 2. The highest BCUT2D eigenvalue weighted by Gasteiger charge is 2.24. The number of nitrogens with two attached hydrogens (primary N) is 1. The van der Waals surface area contributed by atoms with Gasteiger partial charge in [-0.2, -0.15) is 0 Å². The lowest BCUT2D eigenvalue weighted by Crippen LogP contribution is -2.28. The first-order valence-corrected chi connectivity index (χ1v) is 30.2. The number of rotatable bonds is 40. The molecule has 0 aromatic heterocycles. The fourth-order valence-corrected chi connectivity index (χ4v) is 11.6. The van der Waals surface area contributed by atoms with Gasteiger partial charge in [0, 0.05) is 113 Å². The van der Waals surface area contributed by atoms with Crippen LogP contribution in [0.5, 0.6) is 0 Å². The van der Waals surface area contributed by atoms with Crippen molar-refractivity contribution in [2.45, 2.75) is 106 Å². The number of unbranched alkanes of at least 4 members (excludes halogenated alkanes) is 6. The van der Waals surface area contributed by atoms with Gasteiger partial charge in [0.1, 0.15) is 0 Å². The summed E-state index contributed by atoms with van der Waals surface area (Å²) < 4.78 is 62.4. The maximum Gasteiger partial charge on any atom is 0.241 e. The molecule has 0 aliphatic carbocycles. The minimum absolute atomic E-state index is 0.00245. The summed E-state index contributed by atoms with van der Waals surface area (Å²) in [5.74, 6) is 0.00993. The highest BCUT2D eigenvalue weighted by molar-refractivity contribution is 7.90.